The first-order valence-electron chi connectivity index (χ1n) is 10.5. The van der Waals surface area contributed by atoms with E-state index in [9.17, 15) is 0 Å². The molecule has 0 spiro atoms. The minimum atomic E-state index is -2.02. The van der Waals surface area contributed by atoms with Crippen LogP contribution in [0.4, 0.5) is 0 Å². The van der Waals surface area contributed by atoms with E-state index in [-0.39, 0.29) is 0 Å². The molecule has 0 amide bonds. The van der Waals surface area contributed by atoms with Gasteiger partial charge in [0.1, 0.15) is 0 Å². The van der Waals surface area contributed by atoms with Gasteiger partial charge in [0.2, 0.25) is 0 Å². The normalized spacial score (nSPS) is 18.9. The fourth-order valence-corrected chi connectivity index (χ4v) is 17.2. The summed E-state index contributed by atoms with van der Waals surface area (Å²) < 4.78 is 11.2. The van der Waals surface area contributed by atoms with Crippen LogP contribution in [0.15, 0.2) is 91.2 Å². The van der Waals surface area contributed by atoms with Crippen LogP contribution in [0, 0.1) is 0 Å². The van der Waals surface area contributed by atoms with Gasteiger partial charge in [-0.15, -0.1) is 0 Å². The van der Waals surface area contributed by atoms with E-state index in [1.54, 1.807) is 21.2 Å². The Hall–Kier alpha value is -2.04. The second-order valence-electron chi connectivity index (χ2n) is 8.08. The van der Waals surface area contributed by atoms with Gasteiger partial charge in [-0.25, -0.2) is 0 Å². The molecule has 0 aliphatic carbocycles. The number of nitrogens with one attached hydrogen (secondary N) is 1. The Morgan fingerprint density at radius 1 is 0.867 bits per heavy atom. The summed E-state index contributed by atoms with van der Waals surface area (Å²) in [5.41, 5.74) is 7.28. The molecule has 0 unspecified atom stereocenters. The van der Waals surface area contributed by atoms with Crippen LogP contribution in [0.25, 0.3) is 5.57 Å². The predicted molar refractivity (Wildman–Crippen MR) is 127 cm³/mol. The molecule has 0 atom stereocenters. The molecule has 4 aliphatic rings. The van der Waals surface area contributed by atoms with Crippen molar-refractivity contribution in [3.63, 3.8) is 0 Å². The van der Waals surface area contributed by atoms with Gasteiger partial charge in [-0.2, -0.15) is 0 Å². The third-order valence-corrected chi connectivity index (χ3v) is 17.2. The number of allylic oxidation sites excluding steroid dienone is 3. The second-order valence-corrected chi connectivity index (χ2v) is 16.9. The minimum absolute atomic E-state index is 0.616. The Kier molecular flexibility index (Phi) is 4.93. The topological polar surface area (TPSA) is 21.3 Å². The molecule has 146 valence electrons. The van der Waals surface area contributed by atoms with Gasteiger partial charge >= 0.3 is 190 Å². The summed E-state index contributed by atoms with van der Waals surface area (Å²) in [6, 6.07) is 28.3. The van der Waals surface area contributed by atoms with Crippen molar-refractivity contribution in [2.75, 3.05) is 11.6 Å². The Labute approximate surface area is 189 Å². The van der Waals surface area contributed by atoms with Crippen molar-refractivity contribution in [3.8, 4) is 5.75 Å². The zero-order chi connectivity index (χ0) is 19.9. The molecule has 1 fully saturated rings. The van der Waals surface area contributed by atoms with Crippen LogP contribution in [-0.2, 0) is 13.0 Å². The molecule has 7 rings (SSSR count). The zero-order valence-corrected chi connectivity index (χ0v) is 20.8. The number of rotatable bonds is 5. The number of benzene rings is 3. The Bertz CT molecular complexity index is 1160. The molecule has 4 heterocycles. The molecule has 4 aliphatic heterocycles. The first kappa shape index (κ1) is 18.7. The van der Waals surface area contributed by atoms with Crippen molar-refractivity contribution in [1.82, 2.24) is 5.32 Å². The molecule has 2 bridgehead atoms. The van der Waals surface area contributed by atoms with E-state index in [0.717, 1.165) is 18.0 Å². The molecule has 30 heavy (non-hydrogen) atoms. The van der Waals surface area contributed by atoms with Crippen molar-refractivity contribution in [1.29, 1.82) is 0 Å². The first-order valence-corrected chi connectivity index (χ1v) is 16.6. The summed E-state index contributed by atoms with van der Waals surface area (Å²) >= 11 is -0.00701. The third-order valence-electron chi connectivity index (χ3n) is 6.29. The van der Waals surface area contributed by atoms with E-state index < -0.39 is 21.4 Å². The standard InChI is InChI=1S/C26H22NOS.In/c1-3-7-22(8-4-1)18-28-26-15-12-21(13-16-26)11-14-24(17-25-19-29-20-27-25)23-9-5-2-6-10-23;/h1-9,12-13,15-16,27H,11,18-20H2;. The molecule has 0 saturated carbocycles. The average Bonchev–Trinajstić information content (AvgIpc) is 3.50. The van der Waals surface area contributed by atoms with Crippen molar-refractivity contribution in [2.24, 2.45) is 0 Å². The Morgan fingerprint density at radius 3 is 2.43 bits per heavy atom. The molecule has 0 radical (unpaired) electrons. The summed E-state index contributed by atoms with van der Waals surface area (Å²) in [5.74, 6) is 3.18. The van der Waals surface area contributed by atoms with Gasteiger partial charge in [-0.1, -0.05) is 0 Å². The summed E-state index contributed by atoms with van der Waals surface area (Å²) in [6.45, 7) is 0.616. The van der Waals surface area contributed by atoms with Crippen LogP contribution >= 0.6 is 11.8 Å². The molecule has 3 aromatic rings. The molecule has 0 aromatic heterocycles. The summed E-state index contributed by atoms with van der Waals surface area (Å²) in [7, 11) is 0. The maximum atomic E-state index is 5.97. The van der Waals surface area contributed by atoms with E-state index in [4.69, 9.17) is 4.74 Å². The van der Waals surface area contributed by atoms with Crippen LogP contribution in [0.1, 0.15) is 16.7 Å². The van der Waals surface area contributed by atoms with E-state index >= 15 is 0 Å². The summed E-state index contributed by atoms with van der Waals surface area (Å²) in [4.78, 5) is 0. The van der Waals surface area contributed by atoms with E-state index in [0.29, 0.717) is 6.61 Å². The molecular weight excluding hydrogens is 489 g/mol. The molecule has 3 aromatic carbocycles. The van der Waals surface area contributed by atoms with Gasteiger partial charge in [0.25, 0.3) is 0 Å². The van der Waals surface area contributed by atoms with Crippen molar-refractivity contribution in [2.45, 2.75) is 13.0 Å². The zero-order valence-electron chi connectivity index (χ0n) is 16.7. The fraction of sp³-hybridized carbons (Fsp3) is 0.154. The van der Waals surface area contributed by atoms with Crippen LogP contribution in [0.2, 0.25) is 0 Å². The number of thioether (sulfide) groups is 1. The van der Waals surface area contributed by atoms with Gasteiger partial charge in [-0.05, 0) is 0 Å². The maximum absolute atomic E-state index is 5.97. The van der Waals surface area contributed by atoms with Crippen LogP contribution in [0.5, 0.6) is 5.75 Å². The van der Waals surface area contributed by atoms with Crippen LogP contribution in [0.3, 0.4) is 0 Å². The Morgan fingerprint density at radius 2 is 1.67 bits per heavy atom. The van der Waals surface area contributed by atoms with E-state index in [1.807, 2.05) is 17.8 Å². The molecule has 1 N–H and O–H groups in total. The first-order chi connectivity index (χ1) is 14.9. The number of hydrogen-bond donors (Lipinski definition) is 1. The number of hydrogen-bond acceptors (Lipinski definition) is 3. The van der Waals surface area contributed by atoms with Gasteiger partial charge in [0, 0.05) is 0 Å². The van der Waals surface area contributed by atoms with Crippen molar-refractivity contribution < 1.29 is 4.74 Å². The van der Waals surface area contributed by atoms with E-state index in [1.165, 1.54) is 22.4 Å². The molecule has 4 heteroatoms. The molecule has 2 nitrogen and oxygen atoms in total. The second kappa shape index (κ2) is 7.90. The van der Waals surface area contributed by atoms with Crippen molar-refractivity contribution >= 4 is 42.1 Å². The third kappa shape index (κ3) is 3.21. The van der Waals surface area contributed by atoms with Crippen LogP contribution in [-0.4, -0.2) is 33.1 Å². The SMILES string of the molecule is c1ccc(COc2ccc(C[C]3=C4/[C](=C5\CSCN5)[In]3[c]3ccccc34)cc2)cc1. The molecule has 1 saturated heterocycles. The monoisotopic (exact) mass is 511 g/mol. The molecular formula is C26H22InNOS. The van der Waals surface area contributed by atoms with Gasteiger partial charge in [-0.3, -0.25) is 0 Å². The van der Waals surface area contributed by atoms with Crippen LogP contribution < -0.4 is 13.4 Å². The summed E-state index contributed by atoms with van der Waals surface area (Å²) in [6.07, 6.45) is 1.10. The van der Waals surface area contributed by atoms with Gasteiger partial charge < -0.3 is 0 Å². The van der Waals surface area contributed by atoms with Gasteiger partial charge in [0.05, 0.1) is 0 Å². The van der Waals surface area contributed by atoms with Gasteiger partial charge in [0.15, 0.2) is 0 Å². The van der Waals surface area contributed by atoms with E-state index in [2.05, 4.69) is 78.1 Å². The Balaban J connectivity index is 1.22. The number of ether oxygens (including phenoxy) is 1. The quantitative estimate of drug-likeness (QED) is 0.541. The fourth-order valence-electron chi connectivity index (χ4n) is 4.89. The summed E-state index contributed by atoms with van der Waals surface area (Å²) in [5, 5.41) is 3.66. The van der Waals surface area contributed by atoms with Crippen molar-refractivity contribution in [3.05, 3.63) is 108 Å². The average molecular weight is 511 g/mol. The predicted octanol–water partition coefficient (Wildman–Crippen LogP) is 4.62.